The summed E-state index contributed by atoms with van der Waals surface area (Å²) in [4.78, 5) is 41.8. The molecule has 0 aliphatic carbocycles. The first kappa shape index (κ1) is 34.6. The van der Waals surface area contributed by atoms with Gasteiger partial charge in [0.25, 0.3) is 5.69 Å². The number of benzene rings is 3. The Kier molecular flexibility index (Phi) is 11.8. The lowest BCUT2D eigenvalue weighted by Gasteiger charge is -2.40. The molecule has 1 N–H and O–H groups in total. The van der Waals surface area contributed by atoms with Crippen molar-refractivity contribution in [2.75, 3.05) is 33.2 Å². The average Bonchev–Trinajstić information content (AvgIpc) is 3.14. The number of nitrogens with one attached hydrogen (secondary N) is 1. The summed E-state index contributed by atoms with van der Waals surface area (Å²) in [6.07, 6.45) is 5.97. The number of dihydropyridines is 1. The topological polar surface area (TPSA) is 99.0 Å². The van der Waals surface area contributed by atoms with Gasteiger partial charge in [0.05, 0.1) is 22.2 Å². The zero-order valence-electron chi connectivity index (χ0n) is 28.3. The molecule has 1 saturated heterocycles. The van der Waals surface area contributed by atoms with Crippen molar-refractivity contribution < 1.29 is 14.5 Å². The number of piperidine rings is 1. The van der Waals surface area contributed by atoms with Crippen LogP contribution in [0.2, 0.25) is 0 Å². The van der Waals surface area contributed by atoms with Gasteiger partial charge in [0.15, 0.2) is 0 Å². The van der Waals surface area contributed by atoms with Crippen LogP contribution < -0.4 is 5.32 Å². The number of hydrogen-bond acceptors (Lipinski definition) is 6. The number of nitro groups is 1. The molecule has 3 aromatic rings. The third-order valence-electron chi connectivity index (χ3n) is 9.88. The number of rotatable bonds is 15. The first-order chi connectivity index (χ1) is 23.4. The van der Waals surface area contributed by atoms with Gasteiger partial charge in [0.2, 0.25) is 12.8 Å². The highest BCUT2D eigenvalue weighted by Crippen LogP contribution is 2.42. The lowest BCUT2D eigenvalue weighted by Crippen LogP contribution is -2.40. The van der Waals surface area contributed by atoms with Crippen LogP contribution in [0.1, 0.15) is 74.5 Å². The van der Waals surface area contributed by atoms with Gasteiger partial charge >= 0.3 is 0 Å². The van der Waals surface area contributed by atoms with Gasteiger partial charge in [-0.25, -0.2) is 0 Å². The largest absolute Gasteiger partial charge is 0.359 e. The predicted molar refractivity (Wildman–Crippen MR) is 189 cm³/mol. The molecule has 48 heavy (non-hydrogen) atoms. The molecule has 0 aromatic heterocycles. The normalized spacial score (nSPS) is 17.3. The van der Waals surface area contributed by atoms with E-state index in [9.17, 15) is 19.7 Å². The highest BCUT2D eigenvalue weighted by molar-refractivity contribution is 5.60. The maximum atomic E-state index is 12.8. The van der Waals surface area contributed by atoms with Crippen molar-refractivity contribution in [1.29, 1.82) is 0 Å². The molecule has 5 rings (SSSR count). The summed E-state index contributed by atoms with van der Waals surface area (Å²) in [5, 5.41) is 15.0. The van der Waals surface area contributed by atoms with Crippen molar-refractivity contribution in [3.8, 4) is 0 Å². The van der Waals surface area contributed by atoms with E-state index in [0.717, 1.165) is 80.1 Å². The Hall–Kier alpha value is -4.76. The number of allylic oxidation sites excluding steroid dienone is 2. The molecule has 3 aromatic carbocycles. The van der Waals surface area contributed by atoms with E-state index >= 15 is 0 Å². The number of hydrogen-bond donors (Lipinski definition) is 1. The second kappa shape index (κ2) is 16.4. The molecule has 0 saturated carbocycles. The Bertz CT molecular complexity index is 1560. The van der Waals surface area contributed by atoms with Crippen LogP contribution in [0.15, 0.2) is 108 Å². The number of non-ortho nitro benzene ring substituents is 1. The van der Waals surface area contributed by atoms with Gasteiger partial charge in [0, 0.05) is 43.0 Å². The van der Waals surface area contributed by atoms with Crippen LogP contribution in [0.4, 0.5) is 5.69 Å². The smallest absolute Gasteiger partial charge is 0.269 e. The third-order valence-corrected chi connectivity index (χ3v) is 9.88. The van der Waals surface area contributed by atoms with Crippen molar-refractivity contribution >= 4 is 18.5 Å². The molecule has 1 unspecified atom stereocenters. The van der Waals surface area contributed by atoms with Gasteiger partial charge in [-0.1, -0.05) is 86.6 Å². The van der Waals surface area contributed by atoms with Gasteiger partial charge in [-0.3, -0.25) is 19.7 Å². The number of nitro benzene ring substituents is 1. The molecule has 2 aliphatic rings. The number of carbonyl (C=O) groups excluding carboxylic acids is 2. The lowest BCUT2D eigenvalue weighted by molar-refractivity contribution is -0.384. The molecule has 1 atom stereocenters. The lowest BCUT2D eigenvalue weighted by atomic mass is 9.76. The molecule has 2 amide bonds. The van der Waals surface area contributed by atoms with Crippen molar-refractivity contribution in [1.82, 2.24) is 20.0 Å². The van der Waals surface area contributed by atoms with Crippen LogP contribution in [0.5, 0.6) is 0 Å². The maximum Gasteiger partial charge on any atom is 0.269 e. The molecule has 0 radical (unpaired) electrons. The van der Waals surface area contributed by atoms with Crippen molar-refractivity contribution in [2.24, 2.45) is 5.92 Å². The zero-order chi connectivity index (χ0) is 34.0. The van der Waals surface area contributed by atoms with Crippen LogP contribution in [-0.2, 0) is 9.59 Å². The molecule has 9 heteroatoms. The van der Waals surface area contributed by atoms with Crippen molar-refractivity contribution in [3.63, 3.8) is 0 Å². The zero-order valence-corrected chi connectivity index (χ0v) is 28.3. The minimum absolute atomic E-state index is 0.00575. The minimum Gasteiger partial charge on any atom is -0.359 e. The standard InChI is InChI=1S/C39H47N5O4/c1-4-34-38(41(3)27-45)37(31-17-19-33(20-18-31)44(47)48)39(35(5-2)40-34)43(28-46)24-12-23-42-25-21-32(22-26-42)36(29-13-8-6-9-14-29)30-15-10-7-11-16-30/h6-11,13-20,27-28,32,36-37,40H,4-5,12,21-26H2,1-3H3. The summed E-state index contributed by atoms with van der Waals surface area (Å²) in [7, 11) is 1.71. The predicted octanol–water partition coefficient (Wildman–Crippen LogP) is 7.01. The van der Waals surface area contributed by atoms with E-state index in [1.165, 1.54) is 23.3 Å². The van der Waals surface area contributed by atoms with Gasteiger partial charge in [0.1, 0.15) is 0 Å². The van der Waals surface area contributed by atoms with E-state index in [2.05, 4.69) is 70.9 Å². The Morgan fingerprint density at radius 3 is 1.92 bits per heavy atom. The minimum atomic E-state index is -0.444. The summed E-state index contributed by atoms with van der Waals surface area (Å²) >= 11 is 0. The van der Waals surface area contributed by atoms with E-state index < -0.39 is 10.8 Å². The SMILES string of the molecule is CCC1=C(N(C)C=O)C(c2ccc([N+](=O)[O-])cc2)C(N(C=O)CCCN2CCC(C(c3ccccc3)c3ccccc3)CC2)=C(CC)N1. The van der Waals surface area contributed by atoms with Crippen LogP contribution in [0, 0.1) is 16.0 Å². The molecular formula is C39H47N5O4. The van der Waals surface area contributed by atoms with Crippen LogP contribution >= 0.6 is 0 Å². The number of amides is 2. The molecular weight excluding hydrogens is 602 g/mol. The second-order valence-corrected chi connectivity index (χ2v) is 12.7. The van der Waals surface area contributed by atoms with Crippen molar-refractivity contribution in [3.05, 3.63) is 135 Å². The molecule has 1 fully saturated rings. The molecule has 0 spiro atoms. The fraction of sp³-hybridized carbons (Fsp3) is 0.385. The Balaban J connectivity index is 1.31. The number of likely N-dealkylation sites (N-methyl/N-ethyl adjacent to an activating group) is 1. The molecule has 2 heterocycles. The van der Waals surface area contributed by atoms with E-state index in [1.54, 1.807) is 29.0 Å². The summed E-state index contributed by atoms with van der Waals surface area (Å²) in [6, 6.07) is 28.1. The van der Waals surface area contributed by atoms with E-state index in [1.807, 2.05) is 13.8 Å². The summed E-state index contributed by atoms with van der Waals surface area (Å²) in [6.45, 7) is 7.48. The molecule has 2 aliphatic heterocycles. The third kappa shape index (κ3) is 7.68. The molecule has 0 bridgehead atoms. The first-order valence-electron chi connectivity index (χ1n) is 17.1. The summed E-state index contributed by atoms with van der Waals surface area (Å²) in [5.41, 5.74) is 6.86. The fourth-order valence-electron chi connectivity index (χ4n) is 7.51. The Morgan fingerprint density at radius 2 is 1.42 bits per heavy atom. The van der Waals surface area contributed by atoms with E-state index in [0.29, 0.717) is 31.2 Å². The van der Waals surface area contributed by atoms with Gasteiger partial charge in [-0.15, -0.1) is 0 Å². The van der Waals surface area contributed by atoms with Gasteiger partial charge < -0.3 is 20.0 Å². The summed E-state index contributed by atoms with van der Waals surface area (Å²) in [5.74, 6) is 0.480. The van der Waals surface area contributed by atoms with E-state index in [4.69, 9.17) is 0 Å². The number of carbonyl (C=O) groups is 2. The van der Waals surface area contributed by atoms with E-state index in [-0.39, 0.29) is 5.69 Å². The Morgan fingerprint density at radius 1 is 0.854 bits per heavy atom. The van der Waals surface area contributed by atoms with Crippen LogP contribution in [0.3, 0.4) is 0 Å². The Labute approximate surface area is 284 Å². The average molecular weight is 650 g/mol. The highest BCUT2D eigenvalue weighted by atomic mass is 16.6. The first-order valence-corrected chi connectivity index (χ1v) is 17.1. The van der Waals surface area contributed by atoms with Gasteiger partial charge in [-0.05, 0) is 74.3 Å². The monoisotopic (exact) mass is 649 g/mol. The van der Waals surface area contributed by atoms with Crippen molar-refractivity contribution in [2.45, 2.75) is 57.8 Å². The number of likely N-dealkylation sites (tertiary alicyclic amines) is 1. The maximum absolute atomic E-state index is 12.8. The van der Waals surface area contributed by atoms with Crippen LogP contribution in [-0.4, -0.2) is 65.7 Å². The quantitative estimate of drug-likeness (QED) is 0.108. The summed E-state index contributed by atoms with van der Waals surface area (Å²) < 4.78 is 0. The second-order valence-electron chi connectivity index (χ2n) is 12.7. The van der Waals surface area contributed by atoms with Gasteiger partial charge in [-0.2, -0.15) is 0 Å². The highest BCUT2D eigenvalue weighted by Gasteiger charge is 2.36. The molecule has 9 nitrogen and oxygen atoms in total. The number of nitrogens with zero attached hydrogens (tertiary/aromatic N) is 4. The van der Waals surface area contributed by atoms with Crippen LogP contribution in [0.25, 0.3) is 0 Å². The fourth-order valence-corrected chi connectivity index (χ4v) is 7.51. The molecule has 252 valence electrons.